The van der Waals surface area contributed by atoms with Crippen LogP contribution in [-0.4, -0.2) is 19.3 Å². The molecule has 11 heteroatoms. The number of anilines is 1. The molecule has 0 saturated heterocycles. The van der Waals surface area contributed by atoms with Gasteiger partial charge in [0.05, 0.1) is 16.5 Å². The second-order valence-corrected chi connectivity index (χ2v) is 9.39. The molecule has 3 rings (SSSR count). The average molecular weight is 470 g/mol. The molecule has 0 bridgehead atoms. The molecule has 0 spiro atoms. The number of nitrogens with two attached hydrogens (primary N) is 1. The summed E-state index contributed by atoms with van der Waals surface area (Å²) in [6, 6.07) is 7.66. The highest BCUT2D eigenvalue weighted by molar-refractivity contribution is 7.93. The van der Waals surface area contributed by atoms with Crippen molar-refractivity contribution in [1.29, 1.82) is 0 Å². The van der Waals surface area contributed by atoms with Gasteiger partial charge in [0.1, 0.15) is 0 Å². The smallest absolute Gasteiger partial charge is 0.366 e. The number of primary amides is 1. The largest absolute Gasteiger partial charge is 0.416 e. The first-order valence-corrected chi connectivity index (χ1v) is 11.3. The average Bonchev–Trinajstić information content (AvgIpc) is 3.21. The molecule has 0 fully saturated rings. The van der Waals surface area contributed by atoms with Crippen LogP contribution >= 0.6 is 11.3 Å². The quantitative estimate of drug-likeness (QED) is 0.574. The lowest BCUT2D eigenvalue weighted by atomic mass is 9.97. The Bertz CT molecular complexity index is 1190. The van der Waals surface area contributed by atoms with E-state index >= 15 is 0 Å². The number of benzene rings is 2. The van der Waals surface area contributed by atoms with Crippen LogP contribution < -0.4 is 10.0 Å². The summed E-state index contributed by atoms with van der Waals surface area (Å²) in [4.78, 5) is 15.2. The van der Waals surface area contributed by atoms with Gasteiger partial charge in [-0.15, -0.1) is 11.3 Å². The molecule has 1 unspecified atom stereocenters. The number of rotatable bonds is 6. The van der Waals surface area contributed by atoms with Gasteiger partial charge in [-0.3, -0.25) is 4.79 Å². The maximum Gasteiger partial charge on any atom is 0.416 e. The van der Waals surface area contributed by atoms with Crippen molar-refractivity contribution >= 4 is 32.4 Å². The molecule has 3 aromatic rings. The summed E-state index contributed by atoms with van der Waals surface area (Å²) in [6.07, 6.45) is -3.17. The lowest BCUT2D eigenvalue weighted by Crippen LogP contribution is -2.34. The lowest BCUT2D eigenvalue weighted by Gasteiger charge is -2.30. The van der Waals surface area contributed by atoms with E-state index in [-0.39, 0.29) is 26.7 Å². The first-order valence-electron chi connectivity index (χ1n) is 8.95. The molecular weight excluding hydrogens is 451 g/mol. The Balaban J connectivity index is 2.14. The third kappa shape index (κ3) is 4.42. The van der Waals surface area contributed by atoms with Crippen LogP contribution in [0.2, 0.25) is 0 Å². The van der Waals surface area contributed by atoms with Crippen molar-refractivity contribution in [3.8, 4) is 0 Å². The van der Waals surface area contributed by atoms with Gasteiger partial charge < -0.3 is 5.73 Å². The van der Waals surface area contributed by atoms with Gasteiger partial charge in [-0.05, 0) is 55.3 Å². The van der Waals surface area contributed by atoms with Gasteiger partial charge in [-0.2, -0.15) is 13.2 Å². The standard InChI is InChI=1S/C20H18F3N3O3S2/c1-12-16(4-3-5-17(12)20(21,22)23)13(2)26(19-25-10-11-30-19)31(28,29)15-8-6-14(7-9-15)18(24)27/h3-11,13H,1-2H3,(H2,24,27). The van der Waals surface area contributed by atoms with Crippen LogP contribution in [0.5, 0.6) is 0 Å². The minimum absolute atomic E-state index is 0.0664. The molecule has 0 radical (unpaired) electrons. The fourth-order valence-electron chi connectivity index (χ4n) is 3.25. The Kier molecular flexibility index (Phi) is 6.10. The number of aromatic nitrogens is 1. The van der Waals surface area contributed by atoms with Gasteiger partial charge in [0.25, 0.3) is 10.0 Å². The summed E-state index contributed by atoms with van der Waals surface area (Å²) < 4.78 is 68.1. The normalized spacial score (nSPS) is 13.1. The highest BCUT2D eigenvalue weighted by Gasteiger charge is 2.37. The first kappa shape index (κ1) is 22.8. The van der Waals surface area contributed by atoms with Crippen molar-refractivity contribution in [3.05, 3.63) is 76.3 Å². The van der Waals surface area contributed by atoms with Crippen molar-refractivity contribution in [3.63, 3.8) is 0 Å². The Labute approximate surface area is 181 Å². The highest BCUT2D eigenvalue weighted by Crippen LogP contribution is 2.39. The van der Waals surface area contributed by atoms with Crippen LogP contribution in [0.1, 0.15) is 40.0 Å². The molecule has 1 atom stereocenters. The third-order valence-corrected chi connectivity index (χ3v) is 7.55. The molecule has 6 nitrogen and oxygen atoms in total. The molecule has 1 amide bonds. The fourth-order valence-corrected chi connectivity index (χ4v) is 5.79. The topological polar surface area (TPSA) is 93.4 Å². The van der Waals surface area contributed by atoms with Crippen LogP contribution in [0.3, 0.4) is 0 Å². The number of alkyl halides is 3. The van der Waals surface area contributed by atoms with E-state index in [0.29, 0.717) is 0 Å². The summed E-state index contributed by atoms with van der Waals surface area (Å²) in [6.45, 7) is 2.81. The first-order chi connectivity index (χ1) is 14.4. The van der Waals surface area contributed by atoms with E-state index < -0.39 is 33.7 Å². The highest BCUT2D eigenvalue weighted by atomic mass is 32.2. The fraction of sp³-hybridized carbons (Fsp3) is 0.200. The molecule has 31 heavy (non-hydrogen) atoms. The molecule has 0 saturated carbocycles. The van der Waals surface area contributed by atoms with E-state index in [2.05, 4.69) is 4.98 Å². The second kappa shape index (κ2) is 8.31. The molecule has 1 heterocycles. The van der Waals surface area contributed by atoms with Crippen LogP contribution in [0.4, 0.5) is 18.3 Å². The lowest BCUT2D eigenvalue weighted by molar-refractivity contribution is -0.138. The van der Waals surface area contributed by atoms with E-state index in [0.717, 1.165) is 21.7 Å². The molecule has 0 aliphatic carbocycles. The number of halogens is 3. The van der Waals surface area contributed by atoms with Gasteiger partial charge in [0, 0.05) is 17.1 Å². The summed E-state index contributed by atoms with van der Waals surface area (Å²) in [5.41, 5.74) is 4.62. The predicted molar refractivity (Wildman–Crippen MR) is 111 cm³/mol. The number of carbonyl (C=O) groups is 1. The van der Waals surface area contributed by atoms with Gasteiger partial charge >= 0.3 is 6.18 Å². The predicted octanol–water partition coefficient (Wildman–Crippen LogP) is 4.53. The minimum atomic E-state index is -4.57. The van der Waals surface area contributed by atoms with Crippen LogP contribution in [0.15, 0.2) is 58.9 Å². The van der Waals surface area contributed by atoms with Crippen molar-refractivity contribution in [1.82, 2.24) is 4.98 Å². The maximum absolute atomic E-state index is 13.5. The molecule has 2 aromatic carbocycles. The number of carbonyl (C=O) groups excluding carboxylic acids is 1. The number of hydrogen-bond acceptors (Lipinski definition) is 5. The van der Waals surface area contributed by atoms with Gasteiger partial charge in [0.15, 0.2) is 5.13 Å². The van der Waals surface area contributed by atoms with Gasteiger partial charge in [0.2, 0.25) is 5.91 Å². The van der Waals surface area contributed by atoms with Crippen molar-refractivity contribution in [2.75, 3.05) is 4.31 Å². The van der Waals surface area contributed by atoms with E-state index in [9.17, 15) is 26.4 Å². The SMILES string of the molecule is Cc1c(C(C)N(c2nccs2)S(=O)(=O)c2ccc(C(N)=O)cc2)cccc1C(F)(F)F. The van der Waals surface area contributed by atoms with Crippen LogP contribution in [0, 0.1) is 6.92 Å². The number of thiazole rings is 1. The third-order valence-electron chi connectivity index (χ3n) is 4.79. The number of amides is 1. The molecular formula is C20H18F3N3O3S2. The summed E-state index contributed by atoms with van der Waals surface area (Å²) in [7, 11) is -4.23. The zero-order valence-electron chi connectivity index (χ0n) is 16.4. The molecule has 0 aliphatic heterocycles. The molecule has 2 N–H and O–H groups in total. The number of sulfonamides is 1. The monoisotopic (exact) mass is 469 g/mol. The Morgan fingerprint density at radius 2 is 1.81 bits per heavy atom. The number of nitrogens with zero attached hydrogens (tertiary/aromatic N) is 2. The van der Waals surface area contributed by atoms with Crippen LogP contribution in [-0.2, 0) is 16.2 Å². The van der Waals surface area contributed by atoms with E-state index in [1.807, 2.05) is 0 Å². The summed E-state index contributed by atoms with van der Waals surface area (Å²) in [5.74, 6) is -0.714. The van der Waals surface area contributed by atoms with Crippen molar-refractivity contribution in [2.24, 2.45) is 5.73 Å². The Morgan fingerprint density at radius 3 is 2.32 bits per heavy atom. The van der Waals surface area contributed by atoms with Gasteiger partial charge in [-0.25, -0.2) is 17.7 Å². The van der Waals surface area contributed by atoms with Crippen molar-refractivity contribution in [2.45, 2.75) is 31.0 Å². The Hall–Kier alpha value is -2.92. The zero-order valence-corrected chi connectivity index (χ0v) is 18.1. The maximum atomic E-state index is 13.5. The zero-order chi connectivity index (χ0) is 23.0. The summed E-state index contributed by atoms with van der Waals surface area (Å²) >= 11 is 1.04. The molecule has 1 aromatic heterocycles. The van der Waals surface area contributed by atoms with Gasteiger partial charge in [-0.1, -0.05) is 12.1 Å². The second-order valence-electron chi connectivity index (χ2n) is 6.70. The number of hydrogen-bond donors (Lipinski definition) is 1. The van der Waals surface area contributed by atoms with Crippen molar-refractivity contribution < 1.29 is 26.4 Å². The molecule has 164 valence electrons. The molecule has 0 aliphatic rings. The Morgan fingerprint density at radius 1 is 1.16 bits per heavy atom. The minimum Gasteiger partial charge on any atom is -0.366 e. The van der Waals surface area contributed by atoms with Crippen LogP contribution in [0.25, 0.3) is 0 Å². The van der Waals surface area contributed by atoms with E-state index in [1.54, 1.807) is 5.38 Å². The summed E-state index contributed by atoms with van der Waals surface area (Å²) in [5, 5.41) is 1.67. The van der Waals surface area contributed by atoms with E-state index in [1.165, 1.54) is 56.4 Å². The van der Waals surface area contributed by atoms with E-state index in [4.69, 9.17) is 5.73 Å².